The summed E-state index contributed by atoms with van der Waals surface area (Å²) in [6, 6.07) is 2.25. The van der Waals surface area contributed by atoms with Crippen molar-refractivity contribution < 1.29 is 23.0 Å². The van der Waals surface area contributed by atoms with Crippen LogP contribution in [-0.4, -0.2) is 16.5 Å². The van der Waals surface area contributed by atoms with Crippen molar-refractivity contribution >= 4 is 5.82 Å². The van der Waals surface area contributed by atoms with Gasteiger partial charge in [0.2, 0.25) is 0 Å². The van der Waals surface area contributed by atoms with Gasteiger partial charge >= 0.3 is 6.36 Å². The fourth-order valence-electron chi connectivity index (χ4n) is 0.991. The SMILES string of the molecule is N#Cc1c(OC(F)(F)F)cc(CO)nc1N. The molecule has 0 fully saturated rings. The Morgan fingerprint density at radius 3 is 2.62 bits per heavy atom. The molecule has 0 aliphatic rings. The Kier molecular flexibility index (Phi) is 3.20. The molecule has 5 nitrogen and oxygen atoms in total. The lowest BCUT2D eigenvalue weighted by Gasteiger charge is -2.11. The van der Waals surface area contributed by atoms with Crippen molar-refractivity contribution in [1.29, 1.82) is 5.26 Å². The molecule has 1 rings (SSSR count). The van der Waals surface area contributed by atoms with Gasteiger partial charge in [0, 0.05) is 6.07 Å². The molecule has 8 heteroatoms. The summed E-state index contributed by atoms with van der Waals surface area (Å²) in [4.78, 5) is 3.51. The second-order valence-corrected chi connectivity index (χ2v) is 2.69. The molecule has 0 saturated heterocycles. The molecule has 0 amide bonds. The number of halogens is 3. The lowest BCUT2D eigenvalue weighted by molar-refractivity contribution is -0.274. The molecule has 0 aromatic carbocycles. The van der Waals surface area contributed by atoms with Gasteiger partial charge in [0.1, 0.15) is 17.5 Å². The predicted octanol–water partition coefficient (Wildman–Crippen LogP) is 0.926. The van der Waals surface area contributed by atoms with Crippen molar-refractivity contribution in [2.45, 2.75) is 13.0 Å². The summed E-state index contributed by atoms with van der Waals surface area (Å²) in [7, 11) is 0. The van der Waals surface area contributed by atoms with Gasteiger partial charge in [-0.2, -0.15) is 5.26 Å². The minimum atomic E-state index is -4.94. The maximum atomic E-state index is 12.0. The molecule has 3 N–H and O–H groups in total. The highest BCUT2D eigenvalue weighted by Gasteiger charge is 2.33. The van der Waals surface area contributed by atoms with E-state index in [-0.39, 0.29) is 5.69 Å². The first-order valence-electron chi connectivity index (χ1n) is 3.93. The molecule has 0 unspecified atom stereocenters. The molecule has 0 bridgehead atoms. The van der Waals surface area contributed by atoms with Gasteiger partial charge in [0.15, 0.2) is 5.75 Å². The van der Waals surface area contributed by atoms with E-state index in [1.54, 1.807) is 0 Å². The number of hydrogen-bond donors (Lipinski definition) is 2. The average molecular weight is 233 g/mol. The van der Waals surface area contributed by atoms with Crippen LogP contribution in [0, 0.1) is 11.3 Å². The van der Waals surface area contributed by atoms with E-state index in [0.29, 0.717) is 0 Å². The summed E-state index contributed by atoms with van der Waals surface area (Å²) in [6.45, 7) is -0.607. The van der Waals surface area contributed by atoms with Crippen LogP contribution in [0.1, 0.15) is 11.3 Å². The zero-order valence-corrected chi connectivity index (χ0v) is 7.75. The van der Waals surface area contributed by atoms with Crippen LogP contribution in [-0.2, 0) is 6.61 Å². The normalized spacial score (nSPS) is 10.9. The highest BCUT2D eigenvalue weighted by atomic mass is 19.4. The van der Waals surface area contributed by atoms with Crippen molar-refractivity contribution in [3.8, 4) is 11.8 Å². The van der Waals surface area contributed by atoms with Crippen molar-refractivity contribution in [2.75, 3.05) is 5.73 Å². The number of rotatable bonds is 2. The number of aliphatic hydroxyl groups excluding tert-OH is 1. The number of aromatic nitrogens is 1. The second-order valence-electron chi connectivity index (χ2n) is 2.69. The second kappa shape index (κ2) is 4.24. The summed E-state index contributed by atoms with van der Waals surface area (Å²) >= 11 is 0. The highest BCUT2D eigenvalue weighted by molar-refractivity contribution is 5.57. The fourth-order valence-corrected chi connectivity index (χ4v) is 0.991. The molecule has 1 aromatic heterocycles. The quantitative estimate of drug-likeness (QED) is 0.792. The highest BCUT2D eigenvalue weighted by Crippen LogP contribution is 2.29. The van der Waals surface area contributed by atoms with Gasteiger partial charge in [-0.1, -0.05) is 0 Å². The maximum Gasteiger partial charge on any atom is 0.573 e. The molecule has 1 heterocycles. The fraction of sp³-hybridized carbons (Fsp3) is 0.250. The van der Waals surface area contributed by atoms with Gasteiger partial charge in [-0.15, -0.1) is 13.2 Å². The van der Waals surface area contributed by atoms with Crippen LogP contribution in [0.3, 0.4) is 0 Å². The summed E-state index contributed by atoms with van der Waals surface area (Å²) in [6.07, 6.45) is -4.94. The number of ether oxygens (including phenoxy) is 1. The first-order valence-corrected chi connectivity index (χ1v) is 3.93. The Bertz CT molecular complexity index is 439. The van der Waals surface area contributed by atoms with Crippen LogP contribution in [0.25, 0.3) is 0 Å². The molecule has 0 atom stereocenters. The van der Waals surface area contributed by atoms with Crippen LogP contribution >= 0.6 is 0 Å². The Balaban J connectivity index is 3.25. The van der Waals surface area contributed by atoms with Crippen LogP contribution in [0.4, 0.5) is 19.0 Å². The van der Waals surface area contributed by atoms with E-state index in [1.165, 1.54) is 6.07 Å². The number of pyridine rings is 1. The third kappa shape index (κ3) is 2.74. The standard InChI is InChI=1S/C8H6F3N3O2/c9-8(10,11)16-6-1-4(3-15)14-7(13)5(6)2-12/h1,15H,3H2,(H2,13,14). The third-order valence-electron chi connectivity index (χ3n) is 1.56. The van der Waals surface area contributed by atoms with Crippen LogP contribution in [0.5, 0.6) is 5.75 Å². The number of nitrogens with two attached hydrogens (primary N) is 1. The Hall–Kier alpha value is -2.01. The number of nitrogen functional groups attached to an aromatic ring is 1. The van der Waals surface area contributed by atoms with Gasteiger partial charge < -0.3 is 15.6 Å². The molecular formula is C8H6F3N3O2. The molecule has 0 aliphatic carbocycles. The maximum absolute atomic E-state index is 12.0. The van der Waals surface area contributed by atoms with Crippen molar-refractivity contribution in [2.24, 2.45) is 0 Å². The first-order chi connectivity index (χ1) is 7.37. The minimum absolute atomic E-state index is 0.115. The Morgan fingerprint density at radius 2 is 2.19 bits per heavy atom. The summed E-state index contributed by atoms with van der Waals surface area (Å²) in [5, 5.41) is 17.3. The minimum Gasteiger partial charge on any atom is -0.404 e. The molecule has 0 radical (unpaired) electrons. The van der Waals surface area contributed by atoms with Crippen LogP contribution in [0.15, 0.2) is 6.07 Å². The number of nitrogens with zero attached hydrogens (tertiary/aromatic N) is 2. The smallest absolute Gasteiger partial charge is 0.404 e. The topological polar surface area (TPSA) is 92.2 Å². The Labute approximate surface area is 87.9 Å². The largest absolute Gasteiger partial charge is 0.573 e. The zero-order valence-electron chi connectivity index (χ0n) is 7.75. The van der Waals surface area contributed by atoms with Crippen molar-refractivity contribution in [1.82, 2.24) is 4.98 Å². The monoisotopic (exact) mass is 233 g/mol. The first kappa shape index (κ1) is 12.1. The lowest BCUT2D eigenvalue weighted by Crippen LogP contribution is -2.18. The lowest BCUT2D eigenvalue weighted by atomic mass is 10.2. The number of anilines is 1. The molecular weight excluding hydrogens is 227 g/mol. The number of nitriles is 1. The van der Waals surface area contributed by atoms with E-state index in [0.717, 1.165) is 6.07 Å². The van der Waals surface area contributed by atoms with Gasteiger partial charge in [-0.25, -0.2) is 4.98 Å². The number of aliphatic hydroxyl groups is 1. The van der Waals surface area contributed by atoms with E-state index in [4.69, 9.17) is 16.1 Å². The van der Waals surface area contributed by atoms with E-state index in [9.17, 15) is 13.2 Å². The molecule has 16 heavy (non-hydrogen) atoms. The number of hydrogen-bond acceptors (Lipinski definition) is 5. The van der Waals surface area contributed by atoms with Gasteiger partial charge in [0.25, 0.3) is 0 Å². The van der Waals surface area contributed by atoms with E-state index < -0.39 is 30.1 Å². The van der Waals surface area contributed by atoms with Gasteiger partial charge in [0.05, 0.1) is 12.3 Å². The third-order valence-corrected chi connectivity index (χ3v) is 1.56. The molecule has 0 saturated carbocycles. The average Bonchev–Trinajstić information content (AvgIpc) is 2.14. The van der Waals surface area contributed by atoms with Gasteiger partial charge in [-0.3, -0.25) is 0 Å². The number of alkyl halides is 3. The Morgan fingerprint density at radius 1 is 1.56 bits per heavy atom. The summed E-state index contributed by atoms with van der Waals surface area (Å²) < 4.78 is 39.5. The van der Waals surface area contributed by atoms with Crippen LogP contribution < -0.4 is 10.5 Å². The molecule has 0 aliphatic heterocycles. The van der Waals surface area contributed by atoms with Crippen LogP contribution in [0.2, 0.25) is 0 Å². The molecule has 1 aromatic rings. The van der Waals surface area contributed by atoms with E-state index >= 15 is 0 Å². The zero-order chi connectivity index (χ0) is 12.3. The predicted molar refractivity (Wildman–Crippen MR) is 46.0 cm³/mol. The van der Waals surface area contributed by atoms with E-state index in [1.807, 2.05) is 0 Å². The molecule has 86 valence electrons. The van der Waals surface area contributed by atoms with Gasteiger partial charge in [-0.05, 0) is 0 Å². The van der Waals surface area contributed by atoms with Crippen molar-refractivity contribution in [3.63, 3.8) is 0 Å². The molecule has 0 spiro atoms. The summed E-state index contributed by atoms with van der Waals surface area (Å²) in [5.74, 6) is -1.19. The van der Waals surface area contributed by atoms with E-state index in [2.05, 4.69) is 9.72 Å². The van der Waals surface area contributed by atoms with Crippen molar-refractivity contribution in [3.05, 3.63) is 17.3 Å². The summed E-state index contributed by atoms with van der Waals surface area (Å²) in [5.41, 5.74) is 4.60.